The van der Waals surface area contributed by atoms with Gasteiger partial charge in [0.15, 0.2) is 22.5 Å². The van der Waals surface area contributed by atoms with Crippen molar-refractivity contribution in [1.29, 1.82) is 0 Å². The number of amides is 1. The van der Waals surface area contributed by atoms with Gasteiger partial charge in [0.1, 0.15) is 0 Å². The van der Waals surface area contributed by atoms with Crippen LogP contribution in [0, 0.1) is 0 Å². The first-order chi connectivity index (χ1) is 14.5. The van der Waals surface area contributed by atoms with Gasteiger partial charge in [-0.15, -0.1) is 10.2 Å². The van der Waals surface area contributed by atoms with Gasteiger partial charge in [0.2, 0.25) is 0 Å². The van der Waals surface area contributed by atoms with E-state index in [4.69, 9.17) is 9.47 Å². The summed E-state index contributed by atoms with van der Waals surface area (Å²) in [5.41, 5.74) is 0.578. The SMILES string of the molecule is COc1ccccc1OCCSc1nnc([C@@H](C)NC(=O)c2ccccc2Br)n1C. The molecule has 0 aliphatic rings. The average molecular weight is 491 g/mol. The van der Waals surface area contributed by atoms with Gasteiger partial charge in [0.05, 0.1) is 25.3 Å². The van der Waals surface area contributed by atoms with Crippen molar-refractivity contribution in [3.63, 3.8) is 0 Å². The second-order valence-electron chi connectivity index (χ2n) is 6.42. The minimum Gasteiger partial charge on any atom is -0.493 e. The highest BCUT2D eigenvalue weighted by Gasteiger charge is 2.19. The number of ether oxygens (including phenoxy) is 2. The number of carbonyl (C=O) groups excluding carboxylic acids is 1. The number of rotatable bonds is 9. The Labute approximate surface area is 188 Å². The van der Waals surface area contributed by atoms with Crippen molar-refractivity contribution in [1.82, 2.24) is 20.1 Å². The molecule has 3 aromatic rings. The normalized spacial score (nSPS) is 11.7. The summed E-state index contributed by atoms with van der Waals surface area (Å²) in [5, 5.41) is 12.2. The van der Waals surface area contributed by atoms with Crippen LogP contribution in [0.4, 0.5) is 0 Å². The number of thioether (sulfide) groups is 1. The Morgan fingerprint density at radius 1 is 1.17 bits per heavy atom. The Kier molecular flexibility index (Phi) is 7.75. The Hall–Kier alpha value is -2.52. The first-order valence-electron chi connectivity index (χ1n) is 9.34. The summed E-state index contributed by atoms with van der Waals surface area (Å²) in [4.78, 5) is 12.5. The predicted molar refractivity (Wildman–Crippen MR) is 120 cm³/mol. The van der Waals surface area contributed by atoms with Crippen molar-refractivity contribution in [3.8, 4) is 11.5 Å². The van der Waals surface area contributed by atoms with E-state index >= 15 is 0 Å². The van der Waals surface area contributed by atoms with Crippen molar-refractivity contribution in [2.45, 2.75) is 18.1 Å². The molecule has 0 fully saturated rings. The smallest absolute Gasteiger partial charge is 0.253 e. The van der Waals surface area contributed by atoms with Gasteiger partial charge in [-0.1, -0.05) is 36.0 Å². The Morgan fingerprint density at radius 3 is 2.60 bits per heavy atom. The monoisotopic (exact) mass is 490 g/mol. The summed E-state index contributed by atoms with van der Waals surface area (Å²) < 4.78 is 13.7. The fourth-order valence-electron chi connectivity index (χ4n) is 2.84. The lowest BCUT2D eigenvalue weighted by molar-refractivity contribution is 0.0937. The fourth-order valence-corrected chi connectivity index (χ4v) is 4.04. The maximum atomic E-state index is 12.5. The van der Waals surface area contributed by atoms with Gasteiger partial charge < -0.3 is 19.4 Å². The van der Waals surface area contributed by atoms with Gasteiger partial charge in [0.25, 0.3) is 5.91 Å². The molecule has 0 saturated heterocycles. The molecular weight excluding hydrogens is 468 g/mol. The molecular formula is C21H23BrN4O3S. The summed E-state index contributed by atoms with van der Waals surface area (Å²) in [6.45, 7) is 2.39. The standard InChI is InChI=1S/C21H23BrN4O3S/c1-14(23-20(27)15-8-4-5-9-16(15)22)19-24-25-21(26(19)2)30-13-12-29-18-11-7-6-10-17(18)28-3/h4-11,14H,12-13H2,1-3H3,(H,23,27)/t14-/m1/s1. The zero-order valence-electron chi connectivity index (χ0n) is 17.0. The maximum Gasteiger partial charge on any atom is 0.253 e. The Morgan fingerprint density at radius 2 is 1.87 bits per heavy atom. The highest BCUT2D eigenvalue weighted by molar-refractivity contribution is 9.10. The van der Waals surface area contributed by atoms with Crippen molar-refractivity contribution < 1.29 is 14.3 Å². The van der Waals surface area contributed by atoms with E-state index in [2.05, 4.69) is 31.4 Å². The molecule has 0 aliphatic heterocycles. The van der Waals surface area contributed by atoms with E-state index < -0.39 is 0 Å². The fraction of sp³-hybridized carbons (Fsp3) is 0.286. The second kappa shape index (κ2) is 10.5. The van der Waals surface area contributed by atoms with Crippen molar-refractivity contribution >= 4 is 33.6 Å². The number of benzene rings is 2. The lowest BCUT2D eigenvalue weighted by Crippen LogP contribution is -2.28. The molecule has 1 amide bonds. The molecule has 9 heteroatoms. The Bertz CT molecular complexity index is 1010. The number of hydrogen-bond donors (Lipinski definition) is 1. The lowest BCUT2D eigenvalue weighted by Gasteiger charge is -2.14. The average Bonchev–Trinajstić information content (AvgIpc) is 3.12. The summed E-state index contributed by atoms with van der Waals surface area (Å²) >= 11 is 4.94. The summed E-state index contributed by atoms with van der Waals surface area (Å²) in [6.07, 6.45) is 0. The number of aromatic nitrogens is 3. The van der Waals surface area contributed by atoms with Crippen molar-refractivity contribution in [2.75, 3.05) is 19.5 Å². The molecule has 0 saturated carbocycles. The number of methoxy groups -OCH3 is 1. The lowest BCUT2D eigenvalue weighted by atomic mass is 10.2. The highest BCUT2D eigenvalue weighted by Crippen LogP contribution is 2.26. The van der Waals surface area contributed by atoms with Crippen LogP contribution in [0.2, 0.25) is 0 Å². The molecule has 1 atom stereocenters. The van der Waals surface area contributed by atoms with Crippen LogP contribution < -0.4 is 14.8 Å². The topological polar surface area (TPSA) is 78.3 Å². The van der Waals surface area contributed by atoms with Crippen molar-refractivity contribution in [2.24, 2.45) is 7.05 Å². The van der Waals surface area contributed by atoms with Gasteiger partial charge in [-0.05, 0) is 47.1 Å². The van der Waals surface area contributed by atoms with Crippen LogP contribution in [-0.2, 0) is 7.05 Å². The maximum absolute atomic E-state index is 12.5. The number of para-hydroxylation sites is 2. The van der Waals surface area contributed by atoms with E-state index in [-0.39, 0.29) is 11.9 Å². The molecule has 1 heterocycles. The van der Waals surface area contributed by atoms with E-state index in [0.717, 1.165) is 9.63 Å². The van der Waals surface area contributed by atoms with Crippen LogP contribution in [0.3, 0.4) is 0 Å². The molecule has 0 bridgehead atoms. The molecule has 2 aromatic carbocycles. The zero-order chi connectivity index (χ0) is 21.5. The van der Waals surface area contributed by atoms with E-state index in [1.807, 2.05) is 61.0 Å². The molecule has 3 rings (SSSR count). The number of nitrogens with zero attached hydrogens (tertiary/aromatic N) is 3. The summed E-state index contributed by atoms with van der Waals surface area (Å²) in [6, 6.07) is 14.6. The largest absolute Gasteiger partial charge is 0.493 e. The number of carbonyl (C=O) groups is 1. The molecule has 7 nitrogen and oxygen atoms in total. The molecule has 1 aromatic heterocycles. The molecule has 0 unspecified atom stereocenters. The predicted octanol–water partition coefficient (Wildman–Crippen LogP) is 4.25. The minimum absolute atomic E-state index is 0.169. The molecule has 1 N–H and O–H groups in total. The minimum atomic E-state index is -0.290. The first kappa shape index (κ1) is 22.2. The van der Waals surface area contributed by atoms with Crippen LogP contribution in [-0.4, -0.2) is 40.1 Å². The van der Waals surface area contributed by atoms with E-state index in [9.17, 15) is 4.79 Å². The zero-order valence-corrected chi connectivity index (χ0v) is 19.4. The number of halogens is 1. The summed E-state index contributed by atoms with van der Waals surface area (Å²) in [7, 11) is 3.51. The third-order valence-corrected chi connectivity index (χ3v) is 6.04. The number of hydrogen-bond acceptors (Lipinski definition) is 6. The van der Waals surface area contributed by atoms with Gasteiger partial charge >= 0.3 is 0 Å². The quantitative estimate of drug-likeness (QED) is 0.356. The van der Waals surface area contributed by atoms with Crippen molar-refractivity contribution in [3.05, 3.63) is 64.4 Å². The molecule has 0 aliphatic carbocycles. The first-order valence-corrected chi connectivity index (χ1v) is 11.1. The third-order valence-electron chi connectivity index (χ3n) is 4.36. The van der Waals surface area contributed by atoms with Crippen LogP contribution in [0.25, 0.3) is 0 Å². The van der Waals surface area contributed by atoms with Gasteiger partial charge in [-0.25, -0.2) is 0 Å². The molecule has 0 spiro atoms. The number of nitrogens with one attached hydrogen (secondary N) is 1. The van der Waals surface area contributed by atoms with Crippen LogP contribution >= 0.6 is 27.7 Å². The molecule has 158 valence electrons. The van der Waals surface area contributed by atoms with E-state index in [1.54, 1.807) is 13.2 Å². The van der Waals surface area contributed by atoms with Crippen LogP contribution in [0.1, 0.15) is 29.1 Å². The summed E-state index contributed by atoms with van der Waals surface area (Å²) in [5.74, 6) is 2.63. The second-order valence-corrected chi connectivity index (χ2v) is 8.34. The third kappa shape index (κ3) is 5.34. The molecule has 30 heavy (non-hydrogen) atoms. The Balaban J connectivity index is 1.55. The van der Waals surface area contributed by atoms with Gasteiger partial charge in [0, 0.05) is 17.3 Å². The van der Waals surface area contributed by atoms with E-state index in [1.165, 1.54) is 11.8 Å². The highest BCUT2D eigenvalue weighted by atomic mass is 79.9. The molecule has 0 radical (unpaired) electrons. The van der Waals surface area contributed by atoms with Crippen LogP contribution in [0.5, 0.6) is 11.5 Å². The van der Waals surface area contributed by atoms with Gasteiger partial charge in [-0.2, -0.15) is 0 Å². The van der Waals surface area contributed by atoms with E-state index in [0.29, 0.717) is 35.2 Å². The van der Waals surface area contributed by atoms with Gasteiger partial charge in [-0.3, -0.25) is 4.79 Å². The van der Waals surface area contributed by atoms with Crippen LogP contribution in [0.15, 0.2) is 58.2 Å².